The topological polar surface area (TPSA) is 28.4 Å². The van der Waals surface area contributed by atoms with Gasteiger partial charge < -0.3 is 9.73 Å². The van der Waals surface area contributed by atoms with Crippen molar-refractivity contribution in [2.45, 2.75) is 25.9 Å². The summed E-state index contributed by atoms with van der Waals surface area (Å²) < 4.78 is 5.34. The molecule has 1 aliphatic heterocycles. The summed E-state index contributed by atoms with van der Waals surface area (Å²) in [7, 11) is 0. The van der Waals surface area contributed by atoms with E-state index in [0.29, 0.717) is 6.04 Å². The molecule has 1 atom stereocenters. The second-order valence-corrected chi connectivity index (χ2v) is 3.87. The molecule has 1 saturated heterocycles. The van der Waals surface area contributed by atoms with Crippen molar-refractivity contribution in [1.82, 2.24) is 10.2 Å². The predicted molar refractivity (Wildman–Crippen MR) is 56.1 cm³/mol. The molecule has 1 N–H and O–H groups in total. The van der Waals surface area contributed by atoms with Crippen molar-refractivity contribution in [2.75, 3.05) is 19.6 Å². The van der Waals surface area contributed by atoms with E-state index in [9.17, 15) is 0 Å². The molecule has 0 saturated carbocycles. The molecule has 1 aromatic rings. The van der Waals surface area contributed by atoms with Crippen LogP contribution in [0.1, 0.15) is 19.1 Å². The van der Waals surface area contributed by atoms with Crippen molar-refractivity contribution in [1.29, 1.82) is 0 Å². The van der Waals surface area contributed by atoms with Gasteiger partial charge in [0.25, 0.3) is 0 Å². The molecule has 0 amide bonds. The second kappa shape index (κ2) is 4.62. The van der Waals surface area contributed by atoms with Crippen molar-refractivity contribution in [3.05, 3.63) is 24.2 Å². The van der Waals surface area contributed by atoms with Crippen molar-refractivity contribution >= 4 is 0 Å². The Kier molecular flexibility index (Phi) is 3.22. The highest BCUT2D eigenvalue weighted by molar-refractivity contribution is 4.98. The van der Waals surface area contributed by atoms with Crippen LogP contribution < -0.4 is 5.32 Å². The van der Waals surface area contributed by atoms with E-state index in [0.717, 1.165) is 31.9 Å². The van der Waals surface area contributed by atoms with E-state index >= 15 is 0 Å². The van der Waals surface area contributed by atoms with E-state index < -0.39 is 0 Å². The fourth-order valence-corrected chi connectivity index (χ4v) is 1.93. The number of hydrogen-bond donors (Lipinski definition) is 1. The first-order chi connectivity index (χ1) is 6.88. The largest absolute Gasteiger partial charge is 0.468 e. The van der Waals surface area contributed by atoms with Gasteiger partial charge in [0, 0.05) is 25.7 Å². The standard InChI is InChI=1S/C11H18N2O/c1-2-10-8-13(6-5-12-10)9-11-4-3-7-14-11/h3-4,7,10,12H,2,5-6,8-9H2,1H3. The van der Waals surface area contributed by atoms with Gasteiger partial charge in [0.05, 0.1) is 12.8 Å². The number of hydrogen-bond acceptors (Lipinski definition) is 3. The van der Waals surface area contributed by atoms with Gasteiger partial charge in [-0.2, -0.15) is 0 Å². The average Bonchev–Trinajstić information content (AvgIpc) is 2.71. The van der Waals surface area contributed by atoms with Gasteiger partial charge in [-0.15, -0.1) is 0 Å². The molecular weight excluding hydrogens is 176 g/mol. The molecule has 1 fully saturated rings. The van der Waals surface area contributed by atoms with Crippen molar-refractivity contribution in [2.24, 2.45) is 0 Å². The van der Waals surface area contributed by atoms with Crippen molar-refractivity contribution in [3.8, 4) is 0 Å². The van der Waals surface area contributed by atoms with Gasteiger partial charge in [-0.25, -0.2) is 0 Å². The Morgan fingerprint density at radius 1 is 1.64 bits per heavy atom. The lowest BCUT2D eigenvalue weighted by Crippen LogP contribution is -2.49. The van der Waals surface area contributed by atoms with Crippen LogP contribution in [0.5, 0.6) is 0 Å². The zero-order chi connectivity index (χ0) is 9.80. The zero-order valence-electron chi connectivity index (χ0n) is 8.70. The Morgan fingerprint density at radius 2 is 2.57 bits per heavy atom. The van der Waals surface area contributed by atoms with Crippen molar-refractivity contribution in [3.63, 3.8) is 0 Å². The SMILES string of the molecule is CCC1CN(Cc2ccco2)CCN1. The van der Waals surface area contributed by atoms with Crippen molar-refractivity contribution < 1.29 is 4.42 Å². The molecule has 0 spiro atoms. The van der Waals surface area contributed by atoms with E-state index in [1.807, 2.05) is 12.1 Å². The normalized spacial score (nSPS) is 23.9. The summed E-state index contributed by atoms with van der Waals surface area (Å²) in [6, 6.07) is 4.65. The van der Waals surface area contributed by atoms with Gasteiger partial charge in [-0.05, 0) is 18.6 Å². The Bertz CT molecular complexity index is 258. The van der Waals surface area contributed by atoms with E-state index in [1.165, 1.54) is 6.42 Å². The Hall–Kier alpha value is -0.800. The minimum absolute atomic E-state index is 0.652. The number of piperazine rings is 1. The summed E-state index contributed by atoms with van der Waals surface area (Å²) in [5.74, 6) is 1.07. The van der Waals surface area contributed by atoms with Gasteiger partial charge in [-0.3, -0.25) is 4.90 Å². The molecule has 0 bridgehead atoms. The van der Waals surface area contributed by atoms with E-state index in [-0.39, 0.29) is 0 Å². The van der Waals surface area contributed by atoms with Crippen LogP contribution in [-0.2, 0) is 6.54 Å². The van der Waals surface area contributed by atoms with Crippen LogP contribution in [0.3, 0.4) is 0 Å². The van der Waals surface area contributed by atoms with Crippen LogP contribution in [0.15, 0.2) is 22.8 Å². The first-order valence-corrected chi connectivity index (χ1v) is 5.36. The first-order valence-electron chi connectivity index (χ1n) is 5.36. The summed E-state index contributed by atoms with van der Waals surface area (Å²) in [6.07, 6.45) is 2.95. The monoisotopic (exact) mass is 194 g/mol. The highest BCUT2D eigenvalue weighted by Crippen LogP contribution is 2.09. The molecule has 0 aliphatic carbocycles. The average molecular weight is 194 g/mol. The molecule has 78 valence electrons. The van der Waals surface area contributed by atoms with Crippen LogP contribution in [0.4, 0.5) is 0 Å². The van der Waals surface area contributed by atoms with Crippen LogP contribution in [0, 0.1) is 0 Å². The number of furan rings is 1. The summed E-state index contributed by atoms with van der Waals surface area (Å²) in [5, 5.41) is 3.51. The third-order valence-electron chi connectivity index (χ3n) is 2.79. The van der Waals surface area contributed by atoms with Gasteiger partial charge in [0.2, 0.25) is 0 Å². The van der Waals surface area contributed by atoms with Gasteiger partial charge >= 0.3 is 0 Å². The van der Waals surface area contributed by atoms with Crippen LogP contribution in [0.2, 0.25) is 0 Å². The molecule has 14 heavy (non-hydrogen) atoms. The molecule has 1 aromatic heterocycles. The Labute approximate surface area is 85.1 Å². The molecule has 0 radical (unpaired) electrons. The first kappa shape index (κ1) is 9.74. The maximum Gasteiger partial charge on any atom is 0.117 e. The van der Waals surface area contributed by atoms with E-state index in [1.54, 1.807) is 6.26 Å². The fourth-order valence-electron chi connectivity index (χ4n) is 1.93. The zero-order valence-corrected chi connectivity index (χ0v) is 8.70. The molecule has 3 nitrogen and oxygen atoms in total. The molecule has 1 aliphatic rings. The third kappa shape index (κ3) is 2.36. The molecule has 2 rings (SSSR count). The number of nitrogens with zero attached hydrogens (tertiary/aromatic N) is 1. The quantitative estimate of drug-likeness (QED) is 0.789. The summed E-state index contributed by atoms with van der Waals surface area (Å²) in [6.45, 7) is 6.53. The second-order valence-electron chi connectivity index (χ2n) is 3.87. The maximum absolute atomic E-state index is 5.34. The van der Waals surface area contributed by atoms with Crippen LogP contribution in [0.25, 0.3) is 0 Å². The van der Waals surface area contributed by atoms with Crippen LogP contribution in [-0.4, -0.2) is 30.6 Å². The summed E-state index contributed by atoms with van der Waals surface area (Å²) >= 11 is 0. The maximum atomic E-state index is 5.34. The summed E-state index contributed by atoms with van der Waals surface area (Å²) in [5.41, 5.74) is 0. The molecule has 3 heteroatoms. The highest BCUT2D eigenvalue weighted by Gasteiger charge is 2.18. The van der Waals surface area contributed by atoms with Gasteiger partial charge in [-0.1, -0.05) is 6.92 Å². The summed E-state index contributed by atoms with van der Waals surface area (Å²) in [4.78, 5) is 2.45. The van der Waals surface area contributed by atoms with Gasteiger partial charge in [0.15, 0.2) is 0 Å². The molecular formula is C11H18N2O. The van der Waals surface area contributed by atoms with E-state index in [2.05, 4.69) is 17.1 Å². The number of rotatable bonds is 3. The Balaban J connectivity index is 1.86. The third-order valence-corrected chi connectivity index (χ3v) is 2.79. The minimum atomic E-state index is 0.652. The smallest absolute Gasteiger partial charge is 0.117 e. The number of nitrogens with one attached hydrogen (secondary N) is 1. The lowest BCUT2D eigenvalue weighted by atomic mass is 10.1. The lowest BCUT2D eigenvalue weighted by molar-refractivity contribution is 0.178. The van der Waals surface area contributed by atoms with Gasteiger partial charge in [0.1, 0.15) is 5.76 Å². The highest BCUT2D eigenvalue weighted by atomic mass is 16.3. The molecule has 2 heterocycles. The lowest BCUT2D eigenvalue weighted by Gasteiger charge is -2.32. The molecule has 1 unspecified atom stereocenters. The Morgan fingerprint density at radius 3 is 3.29 bits per heavy atom. The van der Waals surface area contributed by atoms with Crippen LogP contribution >= 0.6 is 0 Å². The minimum Gasteiger partial charge on any atom is -0.468 e. The predicted octanol–water partition coefficient (Wildman–Crippen LogP) is 1.46. The molecule has 0 aromatic carbocycles. The fraction of sp³-hybridized carbons (Fsp3) is 0.636. The van der Waals surface area contributed by atoms with E-state index in [4.69, 9.17) is 4.42 Å².